The predicted molar refractivity (Wildman–Crippen MR) is 80.5 cm³/mol. The van der Waals surface area contributed by atoms with Crippen LogP contribution in [0, 0.1) is 11.7 Å². The van der Waals surface area contributed by atoms with Crippen molar-refractivity contribution in [1.29, 1.82) is 0 Å². The Bertz CT molecular complexity index is 612. The van der Waals surface area contributed by atoms with E-state index < -0.39 is 0 Å². The van der Waals surface area contributed by atoms with Gasteiger partial charge in [0.15, 0.2) is 5.16 Å². The molecule has 1 aromatic heterocycles. The Morgan fingerprint density at radius 3 is 2.52 bits per heavy atom. The minimum atomic E-state index is -0.332. The highest BCUT2D eigenvalue weighted by Crippen LogP contribution is 2.27. The molecule has 0 aliphatic carbocycles. The number of nitrogens with one attached hydrogen (secondary N) is 1. The van der Waals surface area contributed by atoms with Crippen LogP contribution in [0.2, 0.25) is 0 Å². The third-order valence-corrected chi connectivity index (χ3v) is 4.47. The van der Waals surface area contributed by atoms with Gasteiger partial charge in [0.1, 0.15) is 12.1 Å². The van der Waals surface area contributed by atoms with E-state index in [9.17, 15) is 9.18 Å². The third-order valence-electron chi connectivity index (χ3n) is 2.88. The fraction of sp³-hybridized carbons (Fsp3) is 0.357. The van der Waals surface area contributed by atoms with E-state index in [4.69, 9.17) is 0 Å². The molecule has 1 atom stereocenters. The Balaban J connectivity index is 2.09. The van der Waals surface area contributed by atoms with Gasteiger partial charge in [-0.15, -0.1) is 10.2 Å². The molecule has 1 amide bonds. The molecule has 0 bridgehead atoms. The van der Waals surface area contributed by atoms with Gasteiger partial charge in [0.25, 0.3) is 0 Å². The normalized spacial score (nSPS) is 12.4. The van der Waals surface area contributed by atoms with Crippen molar-refractivity contribution in [2.75, 3.05) is 5.32 Å². The molecule has 5 nitrogen and oxygen atoms in total. The molecule has 2 aromatic rings. The van der Waals surface area contributed by atoms with Gasteiger partial charge in [-0.3, -0.25) is 4.79 Å². The van der Waals surface area contributed by atoms with Crippen LogP contribution in [0.1, 0.15) is 13.8 Å². The second kappa shape index (κ2) is 6.71. The maximum Gasteiger partial charge on any atom is 0.238 e. The SMILES string of the molecule is CC(C)[C@H](Sc1nncn1C)C(=O)Nc1ccc(F)cc1. The van der Waals surface area contributed by atoms with Crippen LogP contribution in [0.3, 0.4) is 0 Å². The van der Waals surface area contributed by atoms with E-state index in [2.05, 4.69) is 15.5 Å². The van der Waals surface area contributed by atoms with Crippen LogP contribution in [0.4, 0.5) is 10.1 Å². The summed E-state index contributed by atoms with van der Waals surface area (Å²) in [5.41, 5.74) is 0.575. The Labute approximate surface area is 127 Å². The van der Waals surface area contributed by atoms with Crippen LogP contribution in [0.15, 0.2) is 35.7 Å². The highest BCUT2D eigenvalue weighted by atomic mass is 32.2. The number of thioether (sulfide) groups is 1. The number of anilines is 1. The second-order valence-corrected chi connectivity index (χ2v) is 6.11. The van der Waals surface area contributed by atoms with Gasteiger partial charge < -0.3 is 9.88 Å². The molecule has 1 N–H and O–H groups in total. The lowest BCUT2D eigenvalue weighted by molar-refractivity contribution is -0.116. The molecule has 112 valence electrons. The molecule has 0 aliphatic rings. The standard InChI is InChI=1S/C14H17FN4OS/c1-9(2)12(21-14-18-16-8-19(14)3)13(20)17-11-6-4-10(15)5-7-11/h4-9,12H,1-3H3,(H,17,20)/t12-/m0/s1. The van der Waals surface area contributed by atoms with Crippen molar-refractivity contribution in [3.8, 4) is 0 Å². The lowest BCUT2D eigenvalue weighted by Crippen LogP contribution is -2.29. The number of amides is 1. The third kappa shape index (κ3) is 4.04. The fourth-order valence-electron chi connectivity index (χ4n) is 1.73. The molecule has 0 radical (unpaired) electrons. The van der Waals surface area contributed by atoms with Crippen molar-refractivity contribution in [2.24, 2.45) is 13.0 Å². The molecule has 0 saturated heterocycles. The van der Waals surface area contributed by atoms with Crippen molar-refractivity contribution in [2.45, 2.75) is 24.3 Å². The molecular formula is C14H17FN4OS. The molecule has 2 rings (SSSR count). The summed E-state index contributed by atoms with van der Waals surface area (Å²) in [5, 5.41) is 11.0. The minimum absolute atomic E-state index is 0.118. The number of benzene rings is 1. The summed E-state index contributed by atoms with van der Waals surface area (Å²) < 4.78 is 14.6. The molecule has 0 saturated carbocycles. The van der Waals surface area contributed by atoms with E-state index in [1.165, 1.54) is 36.0 Å². The van der Waals surface area contributed by atoms with Crippen LogP contribution < -0.4 is 5.32 Å². The summed E-state index contributed by atoms with van der Waals surface area (Å²) in [6, 6.07) is 5.71. The highest BCUT2D eigenvalue weighted by Gasteiger charge is 2.25. The summed E-state index contributed by atoms with van der Waals surface area (Å²) in [5.74, 6) is -0.348. The van der Waals surface area contributed by atoms with E-state index >= 15 is 0 Å². The molecule has 0 aliphatic heterocycles. The zero-order chi connectivity index (χ0) is 15.4. The van der Waals surface area contributed by atoms with Crippen LogP contribution in [0.25, 0.3) is 0 Å². The topological polar surface area (TPSA) is 59.8 Å². The summed E-state index contributed by atoms with van der Waals surface area (Å²) in [6.45, 7) is 3.94. The monoisotopic (exact) mass is 308 g/mol. The van der Waals surface area contributed by atoms with Crippen LogP contribution in [0.5, 0.6) is 0 Å². The van der Waals surface area contributed by atoms with Crippen molar-refractivity contribution < 1.29 is 9.18 Å². The average molecular weight is 308 g/mol. The zero-order valence-corrected chi connectivity index (χ0v) is 12.9. The van der Waals surface area contributed by atoms with E-state index in [1.807, 2.05) is 20.9 Å². The van der Waals surface area contributed by atoms with Gasteiger partial charge in [0.05, 0.1) is 5.25 Å². The van der Waals surface area contributed by atoms with Crippen LogP contribution in [-0.4, -0.2) is 25.9 Å². The molecule has 21 heavy (non-hydrogen) atoms. The van der Waals surface area contributed by atoms with Gasteiger partial charge in [-0.05, 0) is 30.2 Å². The van der Waals surface area contributed by atoms with E-state index in [0.717, 1.165) is 0 Å². The first-order valence-corrected chi connectivity index (χ1v) is 7.42. The van der Waals surface area contributed by atoms with Gasteiger partial charge in [-0.2, -0.15) is 0 Å². The summed E-state index contributed by atoms with van der Waals surface area (Å²) in [7, 11) is 1.83. The Hall–Kier alpha value is -1.89. The number of aromatic nitrogens is 3. The lowest BCUT2D eigenvalue weighted by Gasteiger charge is -2.19. The van der Waals surface area contributed by atoms with E-state index in [0.29, 0.717) is 10.8 Å². The maximum atomic E-state index is 12.9. The van der Waals surface area contributed by atoms with Gasteiger partial charge in [-0.25, -0.2) is 4.39 Å². The molecule has 0 fully saturated rings. The summed E-state index contributed by atoms with van der Waals surface area (Å²) >= 11 is 1.36. The molecule has 1 heterocycles. The first kappa shape index (κ1) is 15.5. The number of carbonyl (C=O) groups excluding carboxylic acids is 1. The lowest BCUT2D eigenvalue weighted by atomic mass is 10.1. The Morgan fingerprint density at radius 1 is 1.33 bits per heavy atom. The molecule has 0 unspecified atom stereocenters. The zero-order valence-electron chi connectivity index (χ0n) is 12.1. The number of halogens is 1. The van der Waals surface area contributed by atoms with E-state index in [-0.39, 0.29) is 22.9 Å². The number of rotatable bonds is 5. The molecule has 0 spiro atoms. The van der Waals surface area contributed by atoms with Crippen LogP contribution in [-0.2, 0) is 11.8 Å². The van der Waals surface area contributed by atoms with Crippen molar-refractivity contribution >= 4 is 23.4 Å². The number of nitrogens with zero attached hydrogens (tertiary/aromatic N) is 3. The Kier molecular flexibility index (Phi) is 4.95. The molecule has 1 aromatic carbocycles. The number of aryl methyl sites for hydroxylation is 1. The first-order chi connectivity index (χ1) is 9.97. The number of hydrogen-bond donors (Lipinski definition) is 1. The van der Waals surface area contributed by atoms with Gasteiger partial charge in [0.2, 0.25) is 5.91 Å². The molecule has 7 heteroatoms. The summed E-state index contributed by atoms with van der Waals surface area (Å²) in [4.78, 5) is 12.4. The fourth-order valence-corrected chi connectivity index (χ4v) is 2.70. The largest absolute Gasteiger partial charge is 0.325 e. The minimum Gasteiger partial charge on any atom is -0.325 e. The van der Waals surface area contributed by atoms with Crippen molar-refractivity contribution in [1.82, 2.24) is 14.8 Å². The van der Waals surface area contributed by atoms with Gasteiger partial charge >= 0.3 is 0 Å². The number of hydrogen-bond acceptors (Lipinski definition) is 4. The van der Waals surface area contributed by atoms with Crippen molar-refractivity contribution in [3.63, 3.8) is 0 Å². The first-order valence-electron chi connectivity index (χ1n) is 6.54. The van der Waals surface area contributed by atoms with Gasteiger partial charge in [0, 0.05) is 12.7 Å². The number of carbonyl (C=O) groups is 1. The molecular weight excluding hydrogens is 291 g/mol. The van der Waals surface area contributed by atoms with Crippen LogP contribution >= 0.6 is 11.8 Å². The predicted octanol–water partition coefficient (Wildman–Crippen LogP) is 2.71. The quantitative estimate of drug-likeness (QED) is 0.863. The average Bonchev–Trinajstić information content (AvgIpc) is 2.83. The summed E-state index contributed by atoms with van der Waals surface area (Å²) in [6.07, 6.45) is 1.59. The Morgan fingerprint density at radius 2 is 2.00 bits per heavy atom. The highest BCUT2D eigenvalue weighted by molar-refractivity contribution is 8.00. The maximum absolute atomic E-state index is 12.9. The smallest absolute Gasteiger partial charge is 0.238 e. The van der Waals surface area contributed by atoms with Gasteiger partial charge in [-0.1, -0.05) is 25.6 Å². The second-order valence-electron chi connectivity index (χ2n) is 5.00. The van der Waals surface area contributed by atoms with Crippen molar-refractivity contribution in [3.05, 3.63) is 36.4 Å². The van der Waals surface area contributed by atoms with E-state index in [1.54, 1.807) is 10.9 Å².